The van der Waals surface area contributed by atoms with Crippen LogP contribution in [-0.4, -0.2) is 17.6 Å². The Bertz CT molecular complexity index is 1520. The van der Waals surface area contributed by atoms with Crippen molar-refractivity contribution in [2.45, 2.75) is 18.3 Å². The van der Waals surface area contributed by atoms with Gasteiger partial charge in [0.2, 0.25) is 11.8 Å². The lowest BCUT2D eigenvalue weighted by Gasteiger charge is -2.52. The molecule has 1 saturated heterocycles. The van der Waals surface area contributed by atoms with Crippen molar-refractivity contribution in [1.29, 1.82) is 0 Å². The quantitative estimate of drug-likeness (QED) is 0.411. The lowest BCUT2D eigenvalue weighted by molar-refractivity contribution is -0.132. The maximum Gasteiger partial charge on any atom is 0.239 e. The number of ketones is 1. The molecular formula is C30H21NO3. The minimum atomic E-state index is -1.17. The van der Waals surface area contributed by atoms with E-state index in [0.717, 1.165) is 33.0 Å². The third kappa shape index (κ3) is 2.07. The number of carbonyl (C=O) groups excluding carboxylic acids is 3. The second-order valence-electron chi connectivity index (χ2n) is 9.53. The van der Waals surface area contributed by atoms with Gasteiger partial charge in [0.25, 0.3) is 0 Å². The van der Waals surface area contributed by atoms with Gasteiger partial charge in [0.05, 0.1) is 22.9 Å². The van der Waals surface area contributed by atoms with E-state index in [9.17, 15) is 14.4 Å². The molecule has 2 unspecified atom stereocenters. The number of imide groups is 1. The van der Waals surface area contributed by atoms with Crippen LogP contribution in [0, 0.1) is 11.8 Å². The van der Waals surface area contributed by atoms with E-state index in [4.69, 9.17) is 0 Å². The van der Waals surface area contributed by atoms with E-state index in [0.29, 0.717) is 5.69 Å². The van der Waals surface area contributed by atoms with Crippen LogP contribution < -0.4 is 4.90 Å². The topological polar surface area (TPSA) is 54.5 Å². The van der Waals surface area contributed by atoms with Crippen LogP contribution in [0.1, 0.15) is 35.1 Å². The molecule has 4 aromatic carbocycles. The molecule has 2 bridgehead atoms. The predicted molar refractivity (Wildman–Crippen MR) is 130 cm³/mol. The Hall–Kier alpha value is -4.05. The van der Waals surface area contributed by atoms with Crippen LogP contribution >= 0.6 is 0 Å². The molecule has 2 atom stereocenters. The fourth-order valence-electron chi connectivity index (χ4n) is 7.01. The number of carbonyl (C=O) groups is 3. The van der Waals surface area contributed by atoms with Crippen LogP contribution in [-0.2, 0) is 19.8 Å². The summed E-state index contributed by atoms with van der Waals surface area (Å²) in [6.07, 6.45) is 0. The number of Topliss-reactive ketones (excluding diaryl/α,β-unsaturated/α-hetero) is 1. The van der Waals surface area contributed by atoms with E-state index < -0.39 is 17.3 Å². The molecule has 4 heteroatoms. The Kier molecular flexibility index (Phi) is 3.72. The van der Waals surface area contributed by atoms with Crippen molar-refractivity contribution in [3.63, 3.8) is 0 Å². The fraction of sp³-hybridized carbons (Fsp3) is 0.167. The molecule has 0 aromatic heterocycles. The monoisotopic (exact) mass is 443 g/mol. The zero-order chi connectivity index (χ0) is 23.2. The van der Waals surface area contributed by atoms with Gasteiger partial charge in [0.1, 0.15) is 5.78 Å². The third-order valence-corrected chi connectivity index (χ3v) is 8.18. The largest absolute Gasteiger partial charge is 0.299 e. The fourth-order valence-corrected chi connectivity index (χ4v) is 7.01. The van der Waals surface area contributed by atoms with Crippen LogP contribution in [0.25, 0.3) is 10.8 Å². The van der Waals surface area contributed by atoms with Crippen molar-refractivity contribution in [2.75, 3.05) is 4.90 Å². The Morgan fingerprint density at radius 2 is 1.32 bits per heavy atom. The maximum atomic E-state index is 14.3. The number of nitrogens with zero attached hydrogens (tertiary/aromatic N) is 1. The number of benzene rings is 4. The molecule has 0 spiro atoms. The van der Waals surface area contributed by atoms with Gasteiger partial charge in [-0.05, 0) is 40.6 Å². The summed E-state index contributed by atoms with van der Waals surface area (Å²) in [5, 5.41) is 1.82. The smallest absolute Gasteiger partial charge is 0.239 e. The third-order valence-electron chi connectivity index (χ3n) is 8.18. The molecule has 2 amide bonds. The zero-order valence-corrected chi connectivity index (χ0v) is 18.6. The molecule has 3 aliphatic carbocycles. The summed E-state index contributed by atoms with van der Waals surface area (Å²) >= 11 is 0. The van der Waals surface area contributed by atoms with Gasteiger partial charge < -0.3 is 0 Å². The van der Waals surface area contributed by atoms with Gasteiger partial charge in [0.15, 0.2) is 0 Å². The molecule has 1 fully saturated rings. The first-order chi connectivity index (χ1) is 16.6. The summed E-state index contributed by atoms with van der Waals surface area (Å²) in [6, 6.07) is 29.2. The van der Waals surface area contributed by atoms with Crippen molar-refractivity contribution in [1.82, 2.24) is 0 Å². The van der Waals surface area contributed by atoms with Crippen molar-refractivity contribution in [3.8, 4) is 0 Å². The summed E-state index contributed by atoms with van der Waals surface area (Å²) in [7, 11) is 0. The van der Waals surface area contributed by atoms with E-state index in [1.807, 2.05) is 91.0 Å². The molecule has 0 saturated carbocycles. The standard InChI is InChI=1S/C30H21NO3/c1-17(32)30-22-14-6-4-12-20(22)25(21-13-5-7-15-23(21)30)26-27(30)29(34)31(28(26)33)24-16-8-10-18-9-2-3-11-19(18)24/h2-16,25-27H,1H3. The first-order valence-corrected chi connectivity index (χ1v) is 11.6. The summed E-state index contributed by atoms with van der Waals surface area (Å²) in [5.41, 5.74) is 3.13. The number of amides is 2. The molecule has 4 aromatic rings. The number of hydrogen-bond acceptors (Lipinski definition) is 3. The van der Waals surface area contributed by atoms with Gasteiger partial charge in [-0.1, -0.05) is 84.9 Å². The van der Waals surface area contributed by atoms with Crippen LogP contribution in [0.4, 0.5) is 5.69 Å². The summed E-state index contributed by atoms with van der Waals surface area (Å²) < 4.78 is 0. The molecule has 34 heavy (non-hydrogen) atoms. The van der Waals surface area contributed by atoms with Gasteiger partial charge in [-0.15, -0.1) is 0 Å². The Morgan fingerprint density at radius 1 is 0.735 bits per heavy atom. The molecular weight excluding hydrogens is 422 g/mol. The number of anilines is 1. The molecule has 8 rings (SSSR count). The Morgan fingerprint density at radius 3 is 2.00 bits per heavy atom. The van der Waals surface area contributed by atoms with Crippen LogP contribution in [0.15, 0.2) is 91.0 Å². The molecule has 4 nitrogen and oxygen atoms in total. The highest BCUT2D eigenvalue weighted by molar-refractivity contribution is 6.27. The van der Waals surface area contributed by atoms with Crippen molar-refractivity contribution in [3.05, 3.63) is 113 Å². The summed E-state index contributed by atoms with van der Waals surface area (Å²) in [4.78, 5) is 43.5. The van der Waals surface area contributed by atoms with E-state index in [2.05, 4.69) is 0 Å². The SMILES string of the molecule is CC(=O)C12c3ccccc3C(c3ccccc31)C1C(=O)N(c3cccc4ccccc34)C(=O)C12. The summed E-state index contributed by atoms with van der Waals surface area (Å²) in [6.45, 7) is 1.56. The van der Waals surface area contributed by atoms with Crippen molar-refractivity contribution in [2.24, 2.45) is 11.8 Å². The Labute approximate surface area is 196 Å². The lowest BCUT2D eigenvalue weighted by atomic mass is 9.46. The van der Waals surface area contributed by atoms with Crippen molar-refractivity contribution >= 4 is 34.1 Å². The summed E-state index contributed by atoms with van der Waals surface area (Å²) in [5.74, 6) is -2.22. The minimum absolute atomic E-state index is 0.0959. The predicted octanol–water partition coefficient (Wildman–Crippen LogP) is 4.98. The number of rotatable bonds is 2. The van der Waals surface area contributed by atoms with Gasteiger partial charge in [-0.25, -0.2) is 4.90 Å². The van der Waals surface area contributed by atoms with E-state index in [-0.39, 0.29) is 23.5 Å². The van der Waals surface area contributed by atoms with E-state index >= 15 is 0 Å². The molecule has 4 aliphatic rings. The maximum absolute atomic E-state index is 14.3. The molecule has 1 heterocycles. The van der Waals surface area contributed by atoms with Crippen LogP contribution in [0.3, 0.4) is 0 Å². The first-order valence-electron chi connectivity index (χ1n) is 11.6. The lowest BCUT2D eigenvalue weighted by Crippen LogP contribution is -2.57. The minimum Gasteiger partial charge on any atom is -0.299 e. The zero-order valence-electron chi connectivity index (χ0n) is 18.6. The second kappa shape index (κ2) is 6.51. The molecule has 1 aliphatic heterocycles. The normalized spacial score (nSPS) is 26.4. The molecule has 164 valence electrons. The van der Waals surface area contributed by atoms with Gasteiger partial charge >= 0.3 is 0 Å². The van der Waals surface area contributed by atoms with Crippen LogP contribution in [0.2, 0.25) is 0 Å². The highest BCUT2D eigenvalue weighted by Crippen LogP contribution is 2.64. The molecule has 0 radical (unpaired) electrons. The highest BCUT2D eigenvalue weighted by Gasteiger charge is 2.70. The average molecular weight is 444 g/mol. The number of hydrogen-bond donors (Lipinski definition) is 0. The molecule has 0 N–H and O–H groups in total. The second-order valence-corrected chi connectivity index (χ2v) is 9.53. The Balaban J connectivity index is 1.54. The highest BCUT2D eigenvalue weighted by atomic mass is 16.2. The van der Waals surface area contributed by atoms with Crippen molar-refractivity contribution < 1.29 is 14.4 Å². The number of fused-ring (bicyclic) bond motifs is 1. The van der Waals surface area contributed by atoms with Gasteiger partial charge in [-0.3, -0.25) is 14.4 Å². The van der Waals surface area contributed by atoms with Gasteiger partial charge in [-0.2, -0.15) is 0 Å². The average Bonchev–Trinajstić information content (AvgIpc) is 3.14. The van der Waals surface area contributed by atoms with Crippen LogP contribution in [0.5, 0.6) is 0 Å². The van der Waals surface area contributed by atoms with E-state index in [1.165, 1.54) is 4.90 Å². The van der Waals surface area contributed by atoms with E-state index in [1.54, 1.807) is 6.92 Å². The van der Waals surface area contributed by atoms with Gasteiger partial charge in [0, 0.05) is 11.3 Å². The first kappa shape index (κ1) is 19.4.